The summed E-state index contributed by atoms with van der Waals surface area (Å²) in [5.41, 5.74) is 3.17. The van der Waals surface area contributed by atoms with Gasteiger partial charge >= 0.3 is 0 Å². The van der Waals surface area contributed by atoms with Crippen molar-refractivity contribution in [2.45, 2.75) is 118 Å². The quantitative estimate of drug-likeness (QED) is 0.407. The molecule has 224 valence electrons. The Morgan fingerprint density at radius 2 is 1.71 bits per heavy atom. The van der Waals surface area contributed by atoms with E-state index in [1.807, 2.05) is 19.2 Å². The average molecular weight is 560 g/mol. The molecule has 1 heterocycles. The molecular weight excluding hydrogens is 506 g/mol. The molecule has 2 aromatic rings. The summed E-state index contributed by atoms with van der Waals surface area (Å²) in [4.78, 5) is 14.2. The summed E-state index contributed by atoms with van der Waals surface area (Å²) >= 11 is 0. The largest absolute Gasteiger partial charge is 0.464 e. The average Bonchev–Trinajstić information content (AvgIpc) is 3.59. The van der Waals surface area contributed by atoms with Crippen LogP contribution in [0.5, 0.6) is 0 Å². The van der Waals surface area contributed by atoms with E-state index in [0.717, 1.165) is 41.2 Å². The Morgan fingerprint density at radius 3 is 2.51 bits per heavy atom. The lowest BCUT2D eigenvalue weighted by atomic mass is 9.32. The van der Waals surface area contributed by atoms with Gasteiger partial charge in [-0.2, -0.15) is 0 Å². The Kier molecular flexibility index (Phi) is 6.38. The number of ether oxygens (including phenoxy) is 1. The highest BCUT2D eigenvalue weighted by atomic mass is 16.5. The van der Waals surface area contributed by atoms with Crippen LogP contribution in [0.2, 0.25) is 0 Å². The molecule has 1 aromatic carbocycles. The fourth-order valence-corrected chi connectivity index (χ4v) is 12.8. The van der Waals surface area contributed by atoms with Crippen LogP contribution in [0.1, 0.15) is 111 Å². The van der Waals surface area contributed by atoms with Crippen LogP contribution in [-0.4, -0.2) is 19.1 Å². The number of methoxy groups -OCH3 is 1. The molecule has 5 saturated carbocycles. The van der Waals surface area contributed by atoms with Gasteiger partial charge in [-0.05, 0) is 133 Å². The molecule has 5 aliphatic rings. The Bertz CT molecular complexity index is 1330. The molecule has 0 aliphatic heterocycles. The van der Waals surface area contributed by atoms with Gasteiger partial charge in [-0.1, -0.05) is 47.1 Å². The van der Waals surface area contributed by atoms with Gasteiger partial charge in [-0.25, -0.2) is 0 Å². The van der Waals surface area contributed by atoms with Gasteiger partial charge in [0.25, 0.3) is 0 Å². The van der Waals surface area contributed by atoms with Crippen LogP contribution in [0.3, 0.4) is 0 Å². The first-order valence-electron chi connectivity index (χ1n) is 16.8. The maximum Gasteiger partial charge on any atom is 0.226 e. The minimum atomic E-state index is -0.174. The summed E-state index contributed by atoms with van der Waals surface area (Å²) in [5, 5.41) is 4.55. The lowest BCUT2D eigenvalue weighted by molar-refractivity contribution is -0.246. The van der Waals surface area contributed by atoms with Gasteiger partial charge in [0.15, 0.2) is 0 Å². The summed E-state index contributed by atoms with van der Waals surface area (Å²) in [6, 6.07) is 8.27. The van der Waals surface area contributed by atoms with Crippen LogP contribution in [0.4, 0.5) is 0 Å². The standard InChI is InChI=1S/C37H53NO3/c1-33(2)29-13-18-36(5)30(34(29,3)17-14-31(33)40-6)12-10-26-27-8-7-16-37(27,20-19-35(26,36)4)32(39)38-23-24-9-11-28-25(22-24)15-21-41-28/h9,11,15,21-22,26-27,29-31H,7-8,10,12-14,16-20,23H2,1-6H3,(H,38,39)/t26?,27?,29?,30?,31?,34?,35-,36?,37?/m1/s1. The number of hydrogen-bond donors (Lipinski definition) is 1. The van der Waals surface area contributed by atoms with E-state index in [9.17, 15) is 4.79 Å². The molecule has 9 atom stereocenters. The molecule has 0 radical (unpaired) electrons. The second-order valence-corrected chi connectivity index (χ2v) is 16.4. The second-order valence-electron chi connectivity index (χ2n) is 16.4. The molecule has 5 fully saturated rings. The van der Waals surface area contributed by atoms with Crippen molar-refractivity contribution < 1.29 is 13.9 Å². The maximum atomic E-state index is 14.2. The molecule has 41 heavy (non-hydrogen) atoms. The third kappa shape index (κ3) is 3.71. The predicted molar refractivity (Wildman–Crippen MR) is 164 cm³/mol. The molecule has 5 aliphatic carbocycles. The van der Waals surface area contributed by atoms with Gasteiger partial charge in [0.05, 0.1) is 17.8 Å². The van der Waals surface area contributed by atoms with Gasteiger partial charge in [-0.15, -0.1) is 0 Å². The fraction of sp³-hybridized carbons (Fsp3) is 0.757. The molecule has 7 rings (SSSR count). The van der Waals surface area contributed by atoms with Gasteiger partial charge in [0, 0.05) is 19.0 Å². The third-order valence-electron chi connectivity index (χ3n) is 15.0. The summed E-state index contributed by atoms with van der Waals surface area (Å²) in [6.45, 7) is 13.7. The smallest absolute Gasteiger partial charge is 0.226 e. The van der Waals surface area contributed by atoms with Crippen LogP contribution in [0, 0.1) is 50.7 Å². The Morgan fingerprint density at radius 1 is 0.878 bits per heavy atom. The predicted octanol–water partition coefficient (Wildman–Crippen LogP) is 8.92. The first-order valence-corrected chi connectivity index (χ1v) is 16.8. The molecular formula is C37H53NO3. The van der Waals surface area contributed by atoms with E-state index in [-0.39, 0.29) is 10.8 Å². The number of furan rings is 1. The zero-order valence-electron chi connectivity index (χ0n) is 26.5. The maximum absolute atomic E-state index is 14.2. The van der Waals surface area contributed by atoms with Gasteiger partial charge in [-0.3, -0.25) is 4.79 Å². The number of carbonyl (C=O) groups excluding carboxylic acids is 1. The number of rotatable bonds is 4. The van der Waals surface area contributed by atoms with Crippen LogP contribution >= 0.6 is 0 Å². The van der Waals surface area contributed by atoms with Crippen molar-refractivity contribution in [2.75, 3.05) is 7.11 Å². The lowest BCUT2D eigenvalue weighted by Gasteiger charge is -2.72. The third-order valence-corrected chi connectivity index (χ3v) is 15.0. The molecule has 0 saturated heterocycles. The van der Waals surface area contributed by atoms with E-state index in [1.165, 1.54) is 57.8 Å². The van der Waals surface area contributed by atoms with Gasteiger partial charge < -0.3 is 14.5 Å². The zero-order valence-corrected chi connectivity index (χ0v) is 26.5. The van der Waals surface area contributed by atoms with Crippen molar-refractivity contribution in [3.8, 4) is 0 Å². The van der Waals surface area contributed by atoms with E-state index in [0.29, 0.717) is 46.6 Å². The SMILES string of the molecule is COC1CCC2(C)C(CCC3(C)C2CCC2C4CCCC4(C(=O)NCc4ccc5occc5c4)CC[C@]23C)C1(C)C. The molecule has 1 N–H and O–H groups in total. The Labute approximate surface area is 247 Å². The number of amides is 1. The van der Waals surface area contributed by atoms with Crippen LogP contribution in [0.25, 0.3) is 11.0 Å². The topological polar surface area (TPSA) is 51.5 Å². The minimum absolute atomic E-state index is 0.174. The number of benzene rings is 1. The van der Waals surface area contributed by atoms with Crippen LogP contribution < -0.4 is 5.32 Å². The number of nitrogens with one attached hydrogen (secondary N) is 1. The highest BCUT2D eigenvalue weighted by molar-refractivity contribution is 5.84. The van der Waals surface area contributed by atoms with E-state index in [4.69, 9.17) is 9.15 Å². The highest BCUT2D eigenvalue weighted by Crippen LogP contribution is 2.76. The van der Waals surface area contributed by atoms with Crippen LogP contribution in [0.15, 0.2) is 34.9 Å². The summed E-state index contributed by atoms with van der Waals surface area (Å²) < 4.78 is 11.6. The molecule has 0 bridgehead atoms. The summed E-state index contributed by atoms with van der Waals surface area (Å²) in [6.07, 6.45) is 15.7. The van der Waals surface area contributed by atoms with E-state index in [2.05, 4.69) is 52.1 Å². The second kappa shape index (κ2) is 9.34. The zero-order chi connectivity index (χ0) is 28.8. The normalized spacial score (nSPS) is 44.9. The monoisotopic (exact) mass is 559 g/mol. The molecule has 4 nitrogen and oxygen atoms in total. The summed E-state index contributed by atoms with van der Waals surface area (Å²) in [7, 11) is 1.93. The van der Waals surface area contributed by atoms with Gasteiger partial charge in [0.2, 0.25) is 5.91 Å². The van der Waals surface area contributed by atoms with Gasteiger partial charge in [0.1, 0.15) is 5.58 Å². The number of hydrogen-bond acceptors (Lipinski definition) is 3. The minimum Gasteiger partial charge on any atom is -0.464 e. The molecule has 0 spiro atoms. The van der Waals surface area contributed by atoms with Crippen molar-refractivity contribution in [1.82, 2.24) is 5.32 Å². The molecule has 1 aromatic heterocycles. The number of fused-ring (bicyclic) bond motifs is 8. The van der Waals surface area contributed by atoms with E-state index < -0.39 is 0 Å². The summed E-state index contributed by atoms with van der Waals surface area (Å²) in [5.74, 6) is 3.02. The molecule has 4 heteroatoms. The van der Waals surface area contributed by atoms with E-state index >= 15 is 0 Å². The van der Waals surface area contributed by atoms with E-state index in [1.54, 1.807) is 6.26 Å². The fourth-order valence-electron chi connectivity index (χ4n) is 12.8. The molecule has 8 unspecified atom stereocenters. The Balaban J connectivity index is 1.14. The van der Waals surface area contributed by atoms with Crippen molar-refractivity contribution in [3.05, 3.63) is 36.1 Å². The van der Waals surface area contributed by atoms with Crippen molar-refractivity contribution in [2.24, 2.45) is 50.7 Å². The van der Waals surface area contributed by atoms with Crippen molar-refractivity contribution >= 4 is 16.9 Å². The van der Waals surface area contributed by atoms with Crippen LogP contribution in [-0.2, 0) is 16.1 Å². The van der Waals surface area contributed by atoms with Crippen molar-refractivity contribution in [3.63, 3.8) is 0 Å². The highest BCUT2D eigenvalue weighted by Gasteiger charge is 2.70. The molecule has 1 amide bonds. The first kappa shape index (κ1) is 28.0. The van der Waals surface area contributed by atoms with Crippen molar-refractivity contribution in [1.29, 1.82) is 0 Å². The first-order chi connectivity index (χ1) is 19.5. The number of carbonyl (C=O) groups is 1. The Hall–Kier alpha value is -1.81. The lowest BCUT2D eigenvalue weighted by Crippen LogP contribution is -2.67.